The first kappa shape index (κ1) is 11.4. The molecule has 5 N–H and O–H groups in total. The zero-order valence-electron chi connectivity index (χ0n) is 7.40. The molecule has 5 nitrogen and oxygen atoms in total. The van der Waals surface area contributed by atoms with Crippen LogP contribution in [0.4, 0.5) is 0 Å². The minimum Gasteiger partial charge on any atom is -0.479 e. The van der Waals surface area contributed by atoms with Gasteiger partial charge >= 0.3 is 5.97 Å². The third-order valence-corrected chi connectivity index (χ3v) is 1.80. The van der Waals surface area contributed by atoms with Crippen LogP contribution in [0, 0.1) is 0 Å². The highest BCUT2D eigenvalue weighted by Gasteiger charge is 2.44. The van der Waals surface area contributed by atoms with E-state index in [1.165, 1.54) is 13.8 Å². The smallest absolute Gasteiger partial charge is 0.337 e. The van der Waals surface area contributed by atoms with Gasteiger partial charge in [0.1, 0.15) is 0 Å². The fourth-order valence-electron chi connectivity index (χ4n) is 0.821. The minimum atomic E-state index is -2.11. The summed E-state index contributed by atoms with van der Waals surface area (Å²) < 4.78 is 0. The molecule has 0 aliphatic rings. The Hall–Kier alpha value is -0.650. The lowest BCUT2D eigenvalue weighted by molar-refractivity contribution is -0.165. The van der Waals surface area contributed by atoms with Crippen molar-refractivity contribution in [2.75, 3.05) is 0 Å². The Morgan fingerprint density at radius 3 is 1.75 bits per heavy atom. The minimum absolute atomic E-state index is 1.05. The molecule has 0 saturated carbocycles. The summed E-state index contributed by atoms with van der Waals surface area (Å²) in [6, 6.07) is -1.23. The Labute approximate surface area is 70.8 Å². The summed E-state index contributed by atoms with van der Waals surface area (Å²) in [5.74, 6) is -1.45. The van der Waals surface area contributed by atoms with Gasteiger partial charge in [0.25, 0.3) is 0 Å². The Kier molecular flexibility index (Phi) is 2.84. The zero-order valence-corrected chi connectivity index (χ0v) is 7.40. The summed E-state index contributed by atoms with van der Waals surface area (Å²) in [4.78, 5) is 10.5. The number of aliphatic hydroxyl groups is 2. The van der Waals surface area contributed by atoms with Crippen LogP contribution in [0.3, 0.4) is 0 Å². The van der Waals surface area contributed by atoms with E-state index in [0.29, 0.717) is 0 Å². The molecule has 72 valence electrons. The van der Waals surface area contributed by atoms with E-state index in [9.17, 15) is 15.0 Å². The molecule has 2 atom stereocenters. The van der Waals surface area contributed by atoms with Gasteiger partial charge in [0.15, 0.2) is 5.60 Å². The van der Waals surface area contributed by atoms with Crippen LogP contribution < -0.4 is 5.73 Å². The lowest BCUT2D eigenvalue weighted by Crippen LogP contribution is -2.61. The highest BCUT2D eigenvalue weighted by atomic mass is 16.4. The number of hydrogen-bond acceptors (Lipinski definition) is 4. The zero-order chi connectivity index (χ0) is 10.2. The van der Waals surface area contributed by atoms with Crippen molar-refractivity contribution in [3.05, 3.63) is 0 Å². The van der Waals surface area contributed by atoms with E-state index >= 15 is 0 Å². The van der Waals surface area contributed by atoms with Gasteiger partial charge in [0.05, 0.1) is 11.6 Å². The summed E-state index contributed by atoms with van der Waals surface area (Å²) in [5, 5.41) is 27.2. The summed E-state index contributed by atoms with van der Waals surface area (Å²) in [6.07, 6.45) is 0. The third-order valence-electron chi connectivity index (χ3n) is 1.80. The molecule has 0 amide bonds. The van der Waals surface area contributed by atoms with Gasteiger partial charge in [-0.2, -0.15) is 0 Å². The molecule has 2 unspecified atom stereocenters. The topological polar surface area (TPSA) is 104 Å². The maximum atomic E-state index is 10.5. The highest BCUT2D eigenvalue weighted by Crippen LogP contribution is 2.18. The molecule has 5 heteroatoms. The highest BCUT2D eigenvalue weighted by molar-refractivity contribution is 5.77. The molecule has 0 bridgehead atoms. The van der Waals surface area contributed by atoms with Gasteiger partial charge in [-0.1, -0.05) is 0 Å². The molecule has 0 aliphatic carbocycles. The Bertz CT molecular complexity index is 182. The van der Waals surface area contributed by atoms with Crippen LogP contribution in [0.25, 0.3) is 0 Å². The number of hydrogen-bond donors (Lipinski definition) is 4. The van der Waals surface area contributed by atoms with Gasteiger partial charge in [-0.3, -0.25) is 0 Å². The third kappa shape index (κ3) is 2.17. The maximum Gasteiger partial charge on any atom is 0.337 e. The number of carboxylic acid groups (broad SMARTS) is 1. The van der Waals surface area contributed by atoms with Crippen molar-refractivity contribution in [2.24, 2.45) is 5.73 Å². The molecule has 0 heterocycles. The standard InChI is InChI=1S/C7H15NO4/c1-6(2,11)4(8)7(3,12)5(9)10/h4,11-12H,8H2,1-3H3,(H,9,10). The molecule has 0 saturated heterocycles. The predicted octanol–water partition coefficient (Wildman–Crippen LogP) is -1.08. The van der Waals surface area contributed by atoms with Crippen LogP contribution in [0.1, 0.15) is 20.8 Å². The molecule has 0 spiro atoms. The first-order valence-corrected chi connectivity index (χ1v) is 3.54. The monoisotopic (exact) mass is 177 g/mol. The molecule has 0 aliphatic heterocycles. The van der Waals surface area contributed by atoms with Crippen LogP contribution in [0.2, 0.25) is 0 Å². The van der Waals surface area contributed by atoms with Gasteiger partial charge < -0.3 is 21.1 Å². The first-order chi connectivity index (χ1) is 5.10. The van der Waals surface area contributed by atoms with Crippen molar-refractivity contribution in [1.29, 1.82) is 0 Å². The summed E-state index contributed by atoms with van der Waals surface area (Å²) in [5.41, 5.74) is 1.81. The second-order valence-electron chi connectivity index (χ2n) is 3.58. The molecule has 12 heavy (non-hydrogen) atoms. The molecule has 0 fully saturated rings. The summed E-state index contributed by atoms with van der Waals surface area (Å²) in [6.45, 7) is 3.74. The Morgan fingerprint density at radius 1 is 1.33 bits per heavy atom. The second kappa shape index (κ2) is 3.01. The maximum absolute atomic E-state index is 10.5. The van der Waals surface area contributed by atoms with Crippen molar-refractivity contribution in [1.82, 2.24) is 0 Å². The van der Waals surface area contributed by atoms with E-state index in [-0.39, 0.29) is 0 Å². The van der Waals surface area contributed by atoms with Crippen LogP contribution in [-0.4, -0.2) is 38.5 Å². The fourth-order valence-corrected chi connectivity index (χ4v) is 0.821. The molecule has 0 aromatic heterocycles. The van der Waals surface area contributed by atoms with E-state index in [1.807, 2.05) is 0 Å². The van der Waals surface area contributed by atoms with Gasteiger partial charge in [0.2, 0.25) is 0 Å². The number of nitrogens with two attached hydrogens (primary N) is 1. The van der Waals surface area contributed by atoms with Crippen molar-refractivity contribution in [3.8, 4) is 0 Å². The number of rotatable bonds is 3. The van der Waals surface area contributed by atoms with Gasteiger partial charge in [-0.15, -0.1) is 0 Å². The largest absolute Gasteiger partial charge is 0.479 e. The summed E-state index contributed by atoms with van der Waals surface area (Å²) in [7, 11) is 0. The average Bonchev–Trinajstić information content (AvgIpc) is 1.83. The molecule has 0 radical (unpaired) electrons. The number of carboxylic acids is 1. The van der Waals surface area contributed by atoms with Crippen molar-refractivity contribution in [3.63, 3.8) is 0 Å². The van der Waals surface area contributed by atoms with E-state index in [2.05, 4.69) is 0 Å². The van der Waals surface area contributed by atoms with Gasteiger partial charge in [-0.25, -0.2) is 4.79 Å². The van der Waals surface area contributed by atoms with Crippen molar-refractivity contribution in [2.45, 2.75) is 38.0 Å². The molecule has 0 aromatic rings. The average molecular weight is 177 g/mol. The normalized spacial score (nSPS) is 19.8. The molecular formula is C7H15NO4. The Balaban J connectivity index is 4.69. The van der Waals surface area contributed by atoms with Crippen molar-refractivity contribution < 1.29 is 20.1 Å². The van der Waals surface area contributed by atoms with Crippen LogP contribution in [0.15, 0.2) is 0 Å². The molecule has 0 rings (SSSR count). The van der Waals surface area contributed by atoms with Crippen LogP contribution in [0.5, 0.6) is 0 Å². The van der Waals surface area contributed by atoms with Crippen molar-refractivity contribution >= 4 is 5.97 Å². The predicted molar refractivity (Wildman–Crippen MR) is 42.5 cm³/mol. The SMILES string of the molecule is CC(C)(O)C(N)C(C)(O)C(=O)O. The quantitative estimate of drug-likeness (QED) is 0.439. The first-order valence-electron chi connectivity index (χ1n) is 3.54. The lowest BCUT2D eigenvalue weighted by Gasteiger charge is -2.34. The molecular weight excluding hydrogens is 162 g/mol. The number of carbonyl (C=O) groups is 1. The van der Waals surface area contributed by atoms with Crippen LogP contribution >= 0.6 is 0 Å². The summed E-state index contributed by atoms with van der Waals surface area (Å²) >= 11 is 0. The fraction of sp³-hybridized carbons (Fsp3) is 0.857. The van der Waals surface area contributed by atoms with E-state index in [0.717, 1.165) is 6.92 Å². The van der Waals surface area contributed by atoms with E-state index < -0.39 is 23.2 Å². The Morgan fingerprint density at radius 2 is 1.67 bits per heavy atom. The second-order valence-corrected chi connectivity index (χ2v) is 3.58. The molecule has 0 aromatic carbocycles. The van der Waals surface area contributed by atoms with Gasteiger partial charge in [0, 0.05) is 0 Å². The lowest BCUT2D eigenvalue weighted by atomic mass is 9.85. The van der Waals surface area contributed by atoms with Gasteiger partial charge in [-0.05, 0) is 20.8 Å². The van der Waals surface area contributed by atoms with Crippen LogP contribution in [-0.2, 0) is 4.79 Å². The number of aliphatic carboxylic acids is 1. The van der Waals surface area contributed by atoms with E-state index in [1.54, 1.807) is 0 Å². The van der Waals surface area contributed by atoms with E-state index in [4.69, 9.17) is 10.8 Å².